The van der Waals surface area contributed by atoms with Crippen molar-refractivity contribution in [2.75, 3.05) is 11.5 Å². The molecule has 0 saturated carbocycles. The number of nitrogens with one attached hydrogen (secondary N) is 1. The average Bonchev–Trinajstić information content (AvgIpc) is 2.55. The van der Waals surface area contributed by atoms with Crippen molar-refractivity contribution in [3.63, 3.8) is 0 Å². The summed E-state index contributed by atoms with van der Waals surface area (Å²) in [7, 11) is -7.19. The molecule has 0 bridgehead atoms. The van der Waals surface area contributed by atoms with Crippen molar-refractivity contribution in [3.05, 3.63) is 29.0 Å². The van der Waals surface area contributed by atoms with Crippen molar-refractivity contribution in [1.29, 1.82) is 0 Å². The van der Waals surface area contributed by atoms with Crippen LogP contribution >= 0.6 is 11.6 Å². The van der Waals surface area contributed by atoms with E-state index in [4.69, 9.17) is 11.6 Å². The van der Waals surface area contributed by atoms with E-state index < -0.39 is 31.2 Å². The Hall–Kier alpha value is -0.700. The summed E-state index contributed by atoms with van der Waals surface area (Å²) in [4.78, 5) is -0.200. The molecule has 0 radical (unpaired) electrons. The van der Waals surface area contributed by atoms with Crippen LogP contribution in [0.15, 0.2) is 23.1 Å². The first-order valence-corrected chi connectivity index (χ1v) is 9.41. The Labute approximate surface area is 122 Å². The maximum atomic E-state index is 13.0. The minimum Gasteiger partial charge on any atom is -0.229 e. The maximum Gasteiger partial charge on any atom is 0.241 e. The Morgan fingerprint density at radius 2 is 2.05 bits per heavy atom. The largest absolute Gasteiger partial charge is 0.241 e. The second-order valence-corrected chi connectivity index (χ2v) is 9.36. The number of sulfonamides is 1. The second-order valence-electron chi connectivity index (χ2n) is 5.08. The highest BCUT2D eigenvalue weighted by Crippen LogP contribution is 2.26. The Morgan fingerprint density at radius 1 is 1.40 bits per heavy atom. The molecular formula is C11H13ClFNO4S2. The third-order valence-corrected chi connectivity index (χ3v) is 6.91. The van der Waals surface area contributed by atoms with E-state index in [0.717, 1.165) is 18.2 Å². The summed E-state index contributed by atoms with van der Waals surface area (Å²) in [5.74, 6) is -1.04. The van der Waals surface area contributed by atoms with Crippen molar-refractivity contribution < 1.29 is 21.2 Å². The van der Waals surface area contributed by atoms with Crippen LogP contribution < -0.4 is 4.72 Å². The predicted molar refractivity (Wildman–Crippen MR) is 73.4 cm³/mol. The van der Waals surface area contributed by atoms with E-state index in [9.17, 15) is 21.2 Å². The molecule has 0 spiro atoms. The van der Waals surface area contributed by atoms with E-state index in [-0.39, 0.29) is 27.8 Å². The highest BCUT2D eigenvalue weighted by atomic mass is 35.5. The van der Waals surface area contributed by atoms with Crippen LogP contribution in [0.2, 0.25) is 5.02 Å². The van der Waals surface area contributed by atoms with E-state index in [2.05, 4.69) is 4.72 Å². The molecule has 1 aliphatic heterocycles. The molecule has 20 heavy (non-hydrogen) atoms. The zero-order chi connectivity index (χ0) is 15.2. The first-order chi connectivity index (χ1) is 9.03. The Bertz CT molecular complexity index is 748. The fraction of sp³-hybridized carbons (Fsp3) is 0.455. The summed E-state index contributed by atoms with van der Waals surface area (Å²) < 4.78 is 62.7. The number of hydrogen-bond acceptors (Lipinski definition) is 4. The average molecular weight is 342 g/mol. The first-order valence-electron chi connectivity index (χ1n) is 5.73. The van der Waals surface area contributed by atoms with Gasteiger partial charge in [0, 0.05) is 5.54 Å². The quantitative estimate of drug-likeness (QED) is 0.899. The fourth-order valence-corrected chi connectivity index (χ4v) is 6.01. The van der Waals surface area contributed by atoms with Gasteiger partial charge < -0.3 is 0 Å². The predicted octanol–water partition coefficient (Wildman–Crippen LogP) is 1.33. The van der Waals surface area contributed by atoms with Crippen LogP contribution in [-0.2, 0) is 19.9 Å². The maximum absolute atomic E-state index is 13.0. The molecule has 112 valence electrons. The van der Waals surface area contributed by atoms with Gasteiger partial charge in [0.25, 0.3) is 0 Å². The van der Waals surface area contributed by atoms with E-state index >= 15 is 0 Å². The van der Waals surface area contributed by atoms with Crippen LogP contribution in [-0.4, -0.2) is 33.9 Å². The van der Waals surface area contributed by atoms with Crippen molar-refractivity contribution in [1.82, 2.24) is 4.72 Å². The van der Waals surface area contributed by atoms with Gasteiger partial charge in [-0.15, -0.1) is 0 Å². The van der Waals surface area contributed by atoms with Gasteiger partial charge in [-0.2, -0.15) is 0 Å². The third kappa shape index (κ3) is 3.30. The number of halogens is 2. The van der Waals surface area contributed by atoms with Crippen LogP contribution in [0.5, 0.6) is 0 Å². The fourth-order valence-electron chi connectivity index (χ4n) is 2.12. The van der Waals surface area contributed by atoms with Gasteiger partial charge in [0.2, 0.25) is 10.0 Å². The van der Waals surface area contributed by atoms with Gasteiger partial charge >= 0.3 is 0 Å². The van der Waals surface area contributed by atoms with Gasteiger partial charge in [-0.1, -0.05) is 11.6 Å². The van der Waals surface area contributed by atoms with Crippen LogP contribution in [0.1, 0.15) is 13.3 Å². The lowest BCUT2D eigenvalue weighted by Crippen LogP contribution is -2.46. The highest BCUT2D eigenvalue weighted by molar-refractivity contribution is 7.92. The Kier molecular flexibility index (Phi) is 3.87. The molecule has 9 heteroatoms. The summed E-state index contributed by atoms with van der Waals surface area (Å²) in [5.41, 5.74) is -1.06. The van der Waals surface area contributed by atoms with Gasteiger partial charge in [0.05, 0.1) is 21.4 Å². The van der Waals surface area contributed by atoms with E-state index in [1.807, 2.05) is 0 Å². The van der Waals surface area contributed by atoms with Gasteiger partial charge in [0.15, 0.2) is 9.84 Å². The van der Waals surface area contributed by atoms with E-state index in [0.29, 0.717) is 0 Å². The lowest BCUT2D eigenvalue weighted by atomic mass is 10.0. The van der Waals surface area contributed by atoms with Crippen molar-refractivity contribution in [2.45, 2.75) is 23.8 Å². The number of rotatable bonds is 3. The van der Waals surface area contributed by atoms with Gasteiger partial charge in [0.1, 0.15) is 5.82 Å². The molecule has 1 unspecified atom stereocenters. The summed E-state index contributed by atoms with van der Waals surface area (Å²) in [6.45, 7) is 1.53. The van der Waals surface area contributed by atoms with E-state index in [1.54, 1.807) is 0 Å². The van der Waals surface area contributed by atoms with Crippen LogP contribution in [0.3, 0.4) is 0 Å². The van der Waals surface area contributed by atoms with Gasteiger partial charge in [-0.25, -0.2) is 25.9 Å². The van der Waals surface area contributed by atoms with Crippen LogP contribution in [0.4, 0.5) is 4.39 Å². The summed E-state index contributed by atoms with van der Waals surface area (Å²) >= 11 is 5.55. The van der Waals surface area contributed by atoms with Crippen molar-refractivity contribution >= 4 is 31.5 Å². The standard InChI is InChI=1S/C11H13ClFNO4S2/c1-11(4-5-19(15,16)7-11)14-20(17,18)8-2-3-10(13)9(12)6-8/h2-3,6,14H,4-5,7H2,1H3. The molecule has 2 rings (SSSR count). The Balaban J connectivity index is 2.30. The minimum atomic E-state index is -3.96. The van der Waals surface area contributed by atoms with Crippen molar-refractivity contribution in [2.24, 2.45) is 0 Å². The zero-order valence-corrected chi connectivity index (χ0v) is 12.9. The third-order valence-electron chi connectivity index (χ3n) is 3.09. The topological polar surface area (TPSA) is 80.3 Å². The molecule has 1 aromatic rings. The molecule has 1 saturated heterocycles. The molecule has 1 fully saturated rings. The lowest BCUT2D eigenvalue weighted by Gasteiger charge is -2.23. The molecule has 0 amide bonds. The molecule has 5 nitrogen and oxygen atoms in total. The van der Waals surface area contributed by atoms with Crippen LogP contribution in [0, 0.1) is 5.82 Å². The summed E-state index contributed by atoms with van der Waals surface area (Å²) in [5, 5.41) is -0.308. The zero-order valence-electron chi connectivity index (χ0n) is 10.6. The molecule has 1 heterocycles. The van der Waals surface area contributed by atoms with Gasteiger partial charge in [-0.05, 0) is 31.5 Å². The molecule has 1 aliphatic rings. The number of sulfone groups is 1. The highest BCUT2D eigenvalue weighted by Gasteiger charge is 2.41. The normalized spacial score (nSPS) is 25.8. The smallest absolute Gasteiger partial charge is 0.229 e. The van der Waals surface area contributed by atoms with Gasteiger partial charge in [-0.3, -0.25) is 0 Å². The molecule has 0 aromatic heterocycles. The number of benzene rings is 1. The molecule has 1 aromatic carbocycles. The SMILES string of the molecule is CC1(NS(=O)(=O)c2ccc(F)c(Cl)c2)CCS(=O)(=O)C1. The Morgan fingerprint density at radius 3 is 2.55 bits per heavy atom. The molecule has 1 atom stereocenters. The first kappa shape index (κ1) is 15.7. The summed E-state index contributed by atoms with van der Waals surface area (Å²) in [6, 6.07) is 3.02. The lowest BCUT2D eigenvalue weighted by molar-refractivity contribution is 0.461. The van der Waals surface area contributed by atoms with E-state index in [1.165, 1.54) is 6.92 Å². The molecule has 0 aliphatic carbocycles. The summed E-state index contributed by atoms with van der Waals surface area (Å²) in [6.07, 6.45) is 0.198. The van der Waals surface area contributed by atoms with Crippen LogP contribution in [0.25, 0.3) is 0 Å². The molecule has 1 N–H and O–H groups in total. The second kappa shape index (κ2) is 4.94. The number of hydrogen-bond donors (Lipinski definition) is 1. The van der Waals surface area contributed by atoms with Crippen molar-refractivity contribution in [3.8, 4) is 0 Å². The molecular weight excluding hydrogens is 329 g/mol. The monoisotopic (exact) mass is 341 g/mol. The minimum absolute atomic E-state index is 0.0593.